The summed E-state index contributed by atoms with van der Waals surface area (Å²) in [5.41, 5.74) is 0.499. The largest absolute Gasteiger partial charge is 0.381 e. The number of ether oxygens (including phenoxy) is 1. The summed E-state index contributed by atoms with van der Waals surface area (Å²) in [4.78, 5) is 2.74. The van der Waals surface area contributed by atoms with Crippen molar-refractivity contribution < 1.29 is 4.74 Å². The Kier molecular flexibility index (Phi) is 6.10. The van der Waals surface area contributed by atoms with Gasteiger partial charge in [-0.2, -0.15) is 0 Å². The van der Waals surface area contributed by atoms with E-state index in [9.17, 15) is 0 Å². The van der Waals surface area contributed by atoms with Crippen LogP contribution in [0.4, 0.5) is 0 Å². The molecule has 0 radical (unpaired) electrons. The van der Waals surface area contributed by atoms with Gasteiger partial charge in [0.05, 0.1) is 6.61 Å². The van der Waals surface area contributed by atoms with E-state index in [1.165, 1.54) is 51.6 Å². The zero-order chi connectivity index (χ0) is 15.3. The fourth-order valence-corrected chi connectivity index (χ4v) is 3.88. The molecule has 0 spiro atoms. The first kappa shape index (κ1) is 17.2. The molecule has 3 nitrogen and oxygen atoms in total. The van der Waals surface area contributed by atoms with E-state index in [2.05, 4.69) is 37.9 Å². The number of rotatable bonds is 6. The minimum absolute atomic E-state index is 0.189. The highest BCUT2D eigenvalue weighted by molar-refractivity contribution is 4.91. The second-order valence-electron chi connectivity index (χ2n) is 8.26. The third-order valence-electron chi connectivity index (χ3n) is 5.18. The zero-order valence-corrected chi connectivity index (χ0v) is 14.7. The molecule has 0 aromatic carbocycles. The van der Waals surface area contributed by atoms with Crippen molar-refractivity contribution in [2.24, 2.45) is 5.41 Å². The van der Waals surface area contributed by atoms with Gasteiger partial charge in [-0.3, -0.25) is 4.90 Å². The molecule has 2 rings (SSSR count). The maximum absolute atomic E-state index is 5.89. The maximum Gasteiger partial charge on any atom is 0.0546 e. The molecule has 3 heteroatoms. The molecule has 1 aliphatic carbocycles. The van der Waals surface area contributed by atoms with Gasteiger partial charge in [0.15, 0.2) is 0 Å². The standard InChI is InChI=1S/C18H36N2O/c1-5-20(16-9-6-7-10-16)14-18(11-8-12-21-15-18)13-19-17(2,3)4/h16,19H,5-15H2,1-4H3. The van der Waals surface area contributed by atoms with Crippen molar-refractivity contribution in [1.82, 2.24) is 10.2 Å². The van der Waals surface area contributed by atoms with Crippen LogP contribution in [0.1, 0.15) is 66.2 Å². The van der Waals surface area contributed by atoms with Crippen LogP contribution < -0.4 is 5.32 Å². The minimum atomic E-state index is 0.189. The minimum Gasteiger partial charge on any atom is -0.381 e. The summed E-state index contributed by atoms with van der Waals surface area (Å²) in [6, 6.07) is 0.823. The molecule has 1 aliphatic heterocycles. The molecule has 2 aliphatic rings. The molecular formula is C18H36N2O. The molecular weight excluding hydrogens is 260 g/mol. The highest BCUT2D eigenvalue weighted by Gasteiger charge is 2.37. The first-order valence-electron chi connectivity index (χ1n) is 9.01. The molecule has 21 heavy (non-hydrogen) atoms. The van der Waals surface area contributed by atoms with E-state index in [4.69, 9.17) is 4.74 Å². The first-order valence-corrected chi connectivity index (χ1v) is 9.01. The van der Waals surface area contributed by atoms with Crippen molar-refractivity contribution in [3.05, 3.63) is 0 Å². The summed E-state index contributed by atoms with van der Waals surface area (Å²) in [5.74, 6) is 0. The van der Waals surface area contributed by atoms with Gasteiger partial charge in [-0.1, -0.05) is 19.8 Å². The SMILES string of the molecule is CCN(CC1(CNC(C)(C)C)CCCOC1)C1CCCC1. The van der Waals surface area contributed by atoms with Crippen LogP contribution in [0.2, 0.25) is 0 Å². The smallest absolute Gasteiger partial charge is 0.0546 e. The van der Waals surface area contributed by atoms with Crippen LogP contribution >= 0.6 is 0 Å². The van der Waals surface area contributed by atoms with Crippen molar-refractivity contribution >= 4 is 0 Å². The van der Waals surface area contributed by atoms with Crippen LogP contribution in [-0.2, 0) is 4.74 Å². The second kappa shape index (κ2) is 7.43. The number of hydrogen-bond donors (Lipinski definition) is 1. The first-order chi connectivity index (χ1) is 9.94. The quantitative estimate of drug-likeness (QED) is 0.812. The maximum atomic E-state index is 5.89. The number of nitrogens with one attached hydrogen (secondary N) is 1. The lowest BCUT2D eigenvalue weighted by atomic mass is 9.80. The van der Waals surface area contributed by atoms with Crippen molar-refractivity contribution in [1.29, 1.82) is 0 Å². The average Bonchev–Trinajstić information content (AvgIpc) is 2.97. The summed E-state index contributed by atoms with van der Waals surface area (Å²) in [5, 5.41) is 3.75. The zero-order valence-electron chi connectivity index (χ0n) is 14.7. The monoisotopic (exact) mass is 296 g/mol. The van der Waals surface area contributed by atoms with Crippen LogP contribution in [-0.4, -0.2) is 49.3 Å². The van der Waals surface area contributed by atoms with E-state index < -0.39 is 0 Å². The molecule has 2 fully saturated rings. The summed E-state index contributed by atoms with van der Waals surface area (Å²) >= 11 is 0. The van der Waals surface area contributed by atoms with Gasteiger partial charge >= 0.3 is 0 Å². The fraction of sp³-hybridized carbons (Fsp3) is 1.00. The Morgan fingerprint density at radius 3 is 2.43 bits per heavy atom. The fourth-order valence-electron chi connectivity index (χ4n) is 3.88. The lowest BCUT2D eigenvalue weighted by Crippen LogP contribution is -2.53. The predicted octanol–water partition coefficient (Wildman–Crippen LogP) is 3.44. The molecule has 1 unspecified atom stereocenters. The van der Waals surface area contributed by atoms with Crippen molar-refractivity contribution in [2.45, 2.75) is 77.8 Å². The molecule has 1 heterocycles. The number of nitrogens with zero attached hydrogens (tertiary/aromatic N) is 1. The molecule has 1 saturated heterocycles. The molecule has 1 saturated carbocycles. The van der Waals surface area contributed by atoms with Crippen LogP contribution in [0, 0.1) is 5.41 Å². The molecule has 0 amide bonds. The Bertz CT molecular complexity index is 299. The predicted molar refractivity (Wildman–Crippen MR) is 89.7 cm³/mol. The third kappa shape index (κ3) is 5.22. The summed E-state index contributed by atoms with van der Waals surface area (Å²) in [6.07, 6.45) is 8.16. The van der Waals surface area contributed by atoms with Gasteiger partial charge in [-0.25, -0.2) is 0 Å². The van der Waals surface area contributed by atoms with E-state index in [0.717, 1.165) is 25.8 Å². The Hall–Kier alpha value is -0.120. The van der Waals surface area contributed by atoms with Crippen molar-refractivity contribution in [2.75, 3.05) is 32.8 Å². The molecule has 1 atom stereocenters. The Balaban J connectivity index is 2.00. The van der Waals surface area contributed by atoms with Crippen LogP contribution in [0.15, 0.2) is 0 Å². The van der Waals surface area contributed by atoms with Gasteiger partial charge in [0.25, 0.3) is 0 Å². The van der Waals surface area contributed by atoms with Crippen LogP contribution in [0.3, 0.4) is 0 Å². The van der Waals surface area contributed by atoms with Gasteiger partial charge in [-0.05, 0) is 53.0 Å². The summed E-state index contributed by atoms with van der Waals surface area (Å²) in [7, 11) is 0. The van der Waals surface area contributed by atoms with Gasteiger partial charge < -0.3 is 10.1 Å². The molecule has 124 valence electrons. The van der Waals surface area contributed by atoms with Gasteiger partial charge in [0.1, 0.15) is 0 Å². The highest BCUT2D eigenvalue weighted by Crippen LogP contribution is 2.33. The van der Waals surface area contributed by atoms with E-state index >= 15 is 0 Å². The molecule has 0 bridgehead atoms. The number of hydrogen-bond acceptors (Lipinski definition) is 3. The Morgan fingerprint density at radius 2 is 1.90 bits per heavy atom. The molecule has 1 N–H and O–H groups in total. The van der Waals surface area contributed by atoms with Gasteiger partial charge in [-0.15, -0.1) is 0 Å². The molecule has 0 aromatic heterocycles. The second-order valence-corrected chi connectivity index (χ2v) is 8.26. The lowest BCUT2D eigenvalue weighted by molar-refractivity contribution is -0.0342. The third-order valence-corrected chi connectivity index (χ3v) is 5.18. The van der Waals surface area contributed by atoms with Crippen LogP contribution in [0.5, 0.6) is 0 Å². The summed E-state index contributed by atoms with van der Waals surface area (Å²) < 4.78 is 5.89. The van der Waals surface area contributed by atoms with Crippen molar-refractivity contribution in [3.63, 3.8) is 0 Å². The van der Waals surface area contributed by atoms with E-state index in [1.54, 1.807) is 0 Å². The highest BCUT2D eigenvalue weighted by atomic mass is 16.5. The van der Waals surface area contributed by atoms with E-state index in [-0.39, 0.29) is 5.54 Å². The molecule has 0 aromatic rings. The van der Waals surface area contributed by atoms with E-state index in [0.29, 0.717) is 5.41 Å². The Labute approximate surface area is 131 Å². The summed E-state index contributed by atoms with van der Waals surface area (Å²) in [6.45, 7) is 14.5. The van der Waals surface area contributed by atoms with Crippen molar-refractivity contribution in [3.8, 4) is 0 Å². The lowest BCUT2D eigenvalue weighted by Gasteiger charge is -2.44. The van der Waals surface area contributed by atoms with Crippen LogP contribution in [0.25, 0.3) is 0 Å². The topological polar surface area (TPSA) is 24.5 Å². The van der Waals surface area contributed by atoms with E-state index in [1.807, 2.05) is 0 Å². The Morgan fingerprint density at radius 1 is 1.19 bits per heavy atom. The average molecular weight is 296 g/mol. The normalized spacial score (nSPS) is 28.4. The van der Waals surface area contributed by atoms with Gasteiger partial charge in [0.2, 0.25) is 0 Å². The van der Waals surface area contributed by atoms with Gasteiger partial charge in [0, 0.05) is 36.7 Å².